The first-order valence-corrected chi connectivity index (χ1v) is 5.38. The molecule has 0 N–H and O–H groups in total. The van der Waals surface area contributed by atoms with Crippen molar-refractivity contribution in [3.8, 4) is 0 Å². The molecule has 0 fully saturated rings. The van der Waals surface area contributed by atoms with Crippen molar-refractivity contribution in [1.82, 2.24) is 0 Å². The Balaban J connectivity index is 2.65. The van der Waals surface area contributed by atoms with Gasteiger partial charge in [-0.15, -0.1) is 11.6 Å². The summed E-state index contributed by atoms with van der Waals surface area (Å²) >= 11 is 6.27. The van der Waals surface area contributed by atoms with Crippen molar-refractivity contribution in [2.75, 3.05) is 0 Å². The number of benzene rings is 2. The van der Waals surface area contributed by atoms with Gasteiger partial charge in [-0.25, -0.2) is 0 Å². The molecule has 1 heteroatoms. The monoisotopic (exact) mass is 204 g/mol. The zero-order chi connectivity index (χ0) is 9.97. The highest BCUT2D eigenvalue weighted by atomic mass is 35.5. The van der Waals surface area contributed by atoms with E-state index in [0.29, 0.717) is 0 Å². The van der Waals surface area contributed by atoms with E-state index in [-0.39, 0.29) is 5.38 Å². The van der Waals surface area contributed by atoms with Gasteiger partial charge in [-0.3, -0.25) is 0 Å². The van der Waals surface area contributed by atoms with Crippen LogP contribution in [0.15, 0.2) is 42.5 Å². The van der Waals surface area contributed by atoms with E-state index in [1.165, 1.54) is 16.3 Å². The van der Waals surface area contributed by atoms with Crippen LogP contribution in [0.1, 0.15) is 24.3 Å². The van der Waals surface area contributed by atoms with Gasteiger partial charge in [0.05, 0.1) is 5.38 Å². The number of hydrogen-bond donors (Lipinski definition) is 0. The molecule has 14 heavy (non-hydrogen) atoms. The van der Waals surface area contributed by atoms with Crippen LogP contribution in [-0.4, -0.2) is 0 Å². The standard InChI is InChI=1S/C13H13Cl/c1-2-13(14)12-9-5-7-10-6-3-4-8-11(10)12/h3-9,13H,2H2,1H3. The quantitative estimate of drug-likeness (QED) is 0.631. The lowest BCUT2D eigenvalue weighted by molar-refractivity contribution is 0.891. The summed E-state index contributed by atoms with van der Waals surface area (Å²) in [4.78, 5) is 0. The van der Waals surface area contributed by atoms with Gasteiger partial charge in [0.1, 0.15) is 0 Å². The van der Waals surface area contributed by atoms with Gasteiger partial charge in [0, 0.05) is 0 Å². The second-order valence-corrected chi connectivity index (χ2v) is 3.97. The van der Waals surface area contributed by atoms with Crippen LogP contribution in [0, 0.1) is 0 Å². The first-order chi connectivity index (χ1) is 6.83. The second-order valence-electron chi connectivity index (χ2n) is 3.44. The number of rotatable bonds is 2. The van der Waals surface area contributed by atoms with E-state index in [1.807, 2.05) is 0 Å². The summed E-state index contributed by atoms with van der Waals surface area (Å²) in [5.41, 5.74) is 1.24. The fraction of sp³-hybridized carbons (Fsp3) is 0.231. The van der Waals surface area contributed by atoms with Gasteiger partial charge in [0.15, 0.2) is 0 Å². The van der Waals surface area contributed by atoms with Gasteiger partial charge in [-0.2, -0.15) is 0 Å². The minimum absolute atomic E-state index is 0.126. The van der Waals surface area contributed by atoms with Crippen LogP contribution < -0.4 is 0 Å². The molecule has 1 unspecified atom stereocenters. The Labute approximate surface area is 89.5 Å². The van der Waals surface area contributed by atoms with Crippen LogP contribution >= 0.6 is 11.6 Å². The van der Waals surface area contributed by atoms with Crippen LogP contribution in [0.5, 0.6) is 0 Å². The number of alkyl halides is 1. The smallest absolute Gasteiger partial charge is 0.0588 e. The summed E-state index contributed by atoms with van der Waals surface area (Å²) in [6.45, 7) is 2.11. The van der Waals surface area contributed by atoms with E-state index in [4.69, 9.17) is 11.6 Å². The van der Waals surface area contributed by atoms with Crippen molar-refractivity contribution < 1.29 is 0 Å². The second kappa shape index (κ2) is 4.02. The summed E-state index contributed by atoms with van der Waals surface area (Å²) in [6, 6.07) is 14.7. The van der Waals surface area contributed by atoms with Gasteiger partial charge < -0.3 is 0 Å². The molecular weight excluding hydrogens is 192 g/mol. The van der Waals surface area contributed by atoms with Crippen molar-refractivity contribution in [2.24, 2.45) is 0 Å². The lowest BCUT2D eigenvalue weighted by Crippen LogP contribution is -1.89. The normalized spacial score (nSPS) is 13.0. The Kier molecular flexibility index (Phi) is 2.74. The van der Waals surface area contributed by atoms with E-state index < -0.39 is 0 Å². The van der Waals surface area contributed by atoms with E-state index in [1.54, 1.807) is 0 Å². The fourth-order valence-electron chi connectivity index (χ4n) is 1.74. The Morgan fingerprint density at radius 3 is 2.57 bits per heavy atom. The van der Waals surface area contributed by atoms with E-state index >= 15 is 0 Å². The molecule has 1 atom stereocenters. The molecule has 0 amide bonds. The first kappa shape index (κ1) is 9.54. The van der Waals surface area contributed by atoms with Crippen LogP contribution in [0.4, 0.5) is 0 Å². The summed E-state index contributed by atoms with van der Waals surface area (Å²) in [7, 11) is 0. The van der Waals surface area contributed by atoms with Crippen LogP contribution in [0.2, 0.25) is 0 Å². The van der Waals surface area contributed by atoms with Crippen LogP contribution in [0.25, 0.3) is 10.8 Å². The molecule has 0 aliphatic rings. The molecule has 0 aromatic heterocycles. The number of halogens is 1. The zero-order valence-electron chi connectivity index (χ0n) is 8.20. The molecule has 2 aromatic rings. The predicted molar refractivity (Wildman–Crippen MR) is 62.8 cm³/mol. The molecule has 0 radical (unpaired) electrons. The van der Waals surface area contributed by atoms with Crippen molar-refractivity contribution in [2.45, 2.75) is 18.7 Å². The van der Waals surface area contributed by atoms with Gasteiger partial charge in [0.2, 0.25) is 0 Å². The maximum atomic E-state index is 6.27. The SMILES string of the molecule is CCC(Cl)c1cccc2ccccc12. The maximum Gasteiger partial charge on any atom is 0.0588 e. The highest BCUT2D eigenvalue weighted by Crippen LogP contribution is 2.30. The minimum atomic E-state index is 0.126. The van der Waals surface area contributed by atoms with Crippen LogP contribution in [-0.2, 0) is 0 Å². The molecular formula is C13H13Cl. The third kappa shape index (κ3) is 1.62. The lowest BCUT2D eigenvalue weighted by Gasteiger charge is -2.10. The topological polar surface area (TPSA) is 0 Å². The molecule has 0 aliphatic heterocycles. The maximum absolute atomic E-state index is 6.27. The third-order valence-corrected chi connectivity index (χ3v) is 3.06. The Morgan fingerprint density at radius 1 is 1.07 bits per heavy atom. The van der Waals surface area contributed by atoms with Crippen LogP contribution in [0.3, 0.4) is 0 Å². The summed E-state index contributed by atoms with van der Waals surface area (Å²) in [5.74, 6) is 0. The largest absolute Gasteiger partial charge is 0.118 e. The average molecular weight is 205 g/mol. The van der Waals surface area contributed by atoms with Crippen molar-refractivity contribution in [1.29, 1.82) is 0 Å². The summed E-state index contributed by atoms with van der Waals surface area (Å²) in [5, 5.41) is 2.67. The van der Waals surface area contributed by atoms with Crippen molar-refractivity contribution in [3.05, 3.63) is 48.0 Å². The molecule has 0 aliphatic carbocycles. The van der Waals surface area contributed by atoms with E-state index in [0.717, 1.165) is 6.42 Å². The third-order valence-electron chi connectivity index (χ3n) is 2.52. The molecule has 0 saturated carbocycles. The van der Waals surface area contributed by atoms with Gasteiger partial charge in [-0.1, -0.05) is 49.4 Å². The van der Waals surface area contributed by atoms with Crippen molar-refractivity contribution in [3.63, 3.8) is 0 Å². The minimum Gasteiger partial charge on any atom is -0.118 e. The molecule has 0 heterocycles. The van der Waals surface area contributed by atoms with E-state index in [9.17, 15) is 0 Å². The molecule has 2 aromatic carbocycles. The number of hydrogen-bond acceptors (Lipinski definition) is 0. The van der Waals surface area contributed by atoms with Gasteiger partial charge in [-0.05, 0) is 22.8 Å². The molecule has 72 valence electrons. The number of fused-ring (bicyclic) bond motifs is 1. The van der Waals surface area contributed by atoms with E-state index in [2.05, 4.69) is 49.4 Å². The molecule has 2 rings (SSSR count). The first-order valence-electron chi connectivity index (χ1n) is 4.94. The summed E-state index contributed by atoms with van der Waals surface area (Å²) in [6.07, 6.45) is 0.968. The van der Waals surface area contributed by atoms with Crippen molar-refractivity contribution >= 4 is 22.4 Å². The molecule has 0 saturated heterocycles. The molecule has 0 bridgehead atoms. The zero-order valence-corrected chi connectivity index (χ0v) is 8.96. The highest BCUT2D eigenvalue weighted by molar-refractivity contribution is 6.21. The highest BCUT2D eigenvalue weighted by Gasteiger charge is 2.07. The Bertz CT molecular complexity index is 429. The Morgan fingerprint density at radius 2 is 1.79 bits per heavy atom. The average Bonchev–Trinajstić information content (AvgIpc) is 2.27. The fourth-order valence-corrected chi connectivity index (χ4v) is 1.93. The summed E-state index contributed by atoms with van der Waals surface area (Å²) < 4.78 is 0. The van der Waals surface area contributed by atoms with Gasteiger partial charge >= 0.3 is 0 Å². The Hall–Kier alpha value is -1.01. The molecule has 0 nitrogen and oxygen atoms in total. The molecule has 0 spiro atoms. The lowest BCUT2D eigenvalue weighted by atomic mass is 10.0. The predicted octanol–water partition coefficient (Wildman–Crippen LogP) is 4.53. The van der Waals surface area contributed by atoms with Gasteiger partial charge in [0.25, 0.3) is 0 Å².